The van der Waals surface area contributed by atoms with Crippen LogP contribution in [0.2, 0.25) is 0 Å². The molecule has 0 radical (unpaired) electrons. The van der Waals surface area contributed by atoms with E-state index in [0.717, 1.165) is 57.8 Å². The number of hydrogen-bond donors (Lipinski definition) is 0. The molecule has 43 heavy (non-hydrogen) atoms. The van der Waals surface area contributed by atoms with Gasteiger partial charge in [0.1, 0.15) is 17.7 Å². The van der Waals surface area contributed by atoms with Gasteiger partial charge in [-0.15, -0.1) is 0 Å². The average molecular weight is 610 g/mol. The molecule has 252 valence electrons. The zero-order valence-corrected chi connectivity index (χ0v) is 28.9. The van der Waals surface area contributed by atoms with E-state index < -0.39 is 17.7 Å². The van der Waals surface area contributed by atoms with Crippen molar-refractivity contribution in [2.45, 2.75) is 194 Å². The molecular weight excluding hydrogens is 542 g/mol. The highest BCUT2D eigenvalue weighted by Crippen LogP contribution is 2.26. The molecular formula is C36H67NO6. The second-order valence-corrected chi connectivity index (χ2v) is 13.9. The van der Waals surface area contributed by atoms with Crippen molar-refractivity contribution in [3.05, 3.63) is 0 Å². The van der Waals surface area contributed by atoms with E-state index in [0.29, 0.717) is 26.0 Å². The van der Waals surface area contributed by atoms with Crippen molar-refractivity contribution in [1.82, 2.24) is 4.90 Å². The van der Waals surface area contributed by atoms with Crippen molar-refractivity contribution in [2.24, 2.45) is 5.92 Å². The molecule has 2 atom stereocenters. The summed E-state index contributed by atoms with van der Waals surface area (Å²) in [6, 6.07) is -0.568. The maximum atomic E-state index is 12.7. The van der Waals surface area contributed by atoms with Crippen LogP contribution in [-0.2, 0) is 23.8 Å². The van der Waals surface area contributed by atoms with Crippen LogP contribution in [0, 0.1) is 5.92 Å². The van der Waals surface area contributed by atoms with Crippen molar-refractivity contribution in [2.75, 3.05) is 13.2 Å². The van der Waals surface area contributed by atoms with E-state index in [1.165, 1.54) is 69.1 Å². The van der Waals surface area contributed by atoms with Crippen molar-refractivity contribution >= 4 is 18.0 Å². The molecule has 1 rings (SSSR count). The number of ether oxygens (including phenoxy) is 3. The third kappa shape index (κ3) is 20.0. The Bertz CT molecular complexity index is 733. The number of likely N-dealkylation sites (tertiary alicyclic amines) is 1. The standard InChI is InChI=1S/C36H67NO6/c1-7-9-11-13-16-20-24-31(25-21-17-14-12-10-8-2)42-33(38)26-22-18-15-19-23-27-41-34(39)32-28-30(3)29-37(32)35(40)43-36(4,5)6/h30-32H,7-29H2,1-6H3/t30-,32-/m0/s1. The van der Waals surface area contributed by atoms with Crippen LogP contribution in [0.5, 0.6) is 0 Å². The van der Waals surface area contributed by atoms with Gasteiger partial charge in [0.25, 0.3) is 0 Å². The normalized spacial score (nSPS) is 17.0. The highest BCUT2D eigenvalue weighted by atomic mass is 16.6. The van der Waals surface area contributed by atoms with E-state index in [4.69, 9.17) is 14.2 Å². The minimum absolute atomic E-state index is 0.0452. The van der Waals surface area contributed by atoms with Crippen LogP contribution in [0.4, 0.5) is 4.79 Å². The van der Waals surface area contributed by atoms with E-state index in [1.54, 1.807) is 0 Å². The number of nitrogens with zero attached hydrogens (tertiary/aromatic N) is 1. The first-order valence-corrected chi connectivity index (χ1v) is 17.9. The van der Waals surface area contributed by atoms with Gasteiger partial charge in [0.05, 0.1) is 6.61 Å². The van der Waals surface area contributed by atoms with Gasteiger partial charge in [-0.05, 0) is 71.6 Å². The molecule has 1 fully saturated rings. The summed E-state index contributed by atoms with van der Waals surface area (Å²) in [6.07, 6.45) is 22.4. The van der Waals surface area contributed by atoms with Gasteiger partial charge in [-0.1, -0.05) is 104 Å². The van der Waals surface area contributed by atoms with Gasteiger partial charge >= 0.3 is 18.0 Å². The molecule has 0 unspecified atom stereocenters. The summed E-state index contributed by atoms with van der Waals surface area (Å²) < 4.78 is 17.0. The van der Waals surface area contributed by atoms with Gasteiger partial charge in [-0.2, -0.15) is 0 Å². The Morgan fingerprint density at radius 3 is 1.81 bits per heavy atom. The molecule has 0 bridgehead atoms. The topological polar surface area (TPSA) is 82.1 Å². The van der Waals surface area contributed by atoms with Crippen molar-refractivity contribution in [3.63, 3.8) is 0 Å². The molecule has 1 aliphatic heterocycles. The molecule has 0 aromatic carbocycles. The lowest BCUT2D eigenvalue weighted by molar-refractivity contribution is -0.150. The smallest absolute Gasteiger partial charge is 0.411 e. The summed E-state index contributed by atoms with van der Waals surface area (Å²) in [5, 5.41) is 0. The highest BCUT2D eigenvalue weighted by molar-refractivity contribution is 5.82. The maximum absolute atomic E-state index is 12.7. The number of amides is 1. The second-order valence-electron chi connectivity index (χ2n) is 13.9. The van der Waals surface area contributed by atoms with Crippen LogP contribution in [-0.4, -0.2) is 53.8 Å². The average Bonchev–Trinajstić information content (AvgIpc) is 3.34. The summed E-state index contributed by atoms with van der Waals surface area (Å²) in [4.78, 5) is 39.4. The Hall–Kier alpha value is -1.79. The van der Waals surface area contributed by atoms with Crippen molar-refractivity contribution in [3.8, 4) is 0 Å². The number of carbonyl (C=O) groups excluding carboxylic acids is 3. The fourth-order valence-corrected chi connectivity index (χ4v) is 5.77. The number of unbranched alkanes of at least 4 members (excludes halogenated alkanes) is 14. The van der Waals surface area contributed by atoms with Crippen LogP contribution in [0.15, 0.2) is 0 Å². The SMILES string of the molecule is CCCCCCCCC(CCCCCCCC)OC(=O)CCCCCCCOC(=O)[C@@H]1C[C@H](C)CN1C(=O)OC(C)(C)C. The third-order valence-electron chi connectivity index (χ3n) is 8.24. The van der Waals surface area contributed by atoms with Crippen molar-refractivity contribution in [1.29, 1.82) is 0 Å². The first-order chi connectivity index (χ1) is 20.6. The summed E-state index contributed by atoms with van der Waals surface area (Å²) in [7, 11) is 0. The fraction of sp³-hybridized carbons (Fsp3) is 0.917. The summed E-state index contributed by atoms with van der Waals surface area (Å²) in [5.41, 5.74) is -0.600. The van der Waals surface area contributed by atoms with Gasteiger partial charge in [0.2, 0.25) is 0 Å². The molecule has 0 aromatic rings. The Morgan fingerprint density at radius 2 is 1.26 bits per heavy atom. The van der Waals surface area contributed by atoms with E-state index in [-0.39, 0.29) is 24.0 Å². The summed E-state index contributed by atoms with van der Waals surface area (Å²) >= 11 is 0. The lowest BCUT2D eigenvalue weighted by atomic mass is 10.0. The monoisotopic (exact) mass is 609 g/mol. The van der Waals surface area contributed by atoms with E-state index in [2.05, 4.69) is 13.8 Å². The molecule has 1 aliphatic rings. The largest absolute Gasteiger partial charge is 0.464 e. The van der Waals surface area contributed by atoms with E-state index >= 15 is 0 Å². The zero-order valence-electron chi connectivity index (χ0n) is 28.9. The third-order valence-corrected chi connectivity index (χ3v) is 8.24. The van der Waals surface area contributed by atoms with Gasteiger partial charge in [0.15, 0.2) is 0 Å². The number of esters is 2. The van der Waals surface area contributed by atoms with Crippen LogP contribution < -0.4 is 0 Å². The fourth-order valence-electron chi connectivity index (χ4n) is 5.77. The molecule has 1 amide bonds. The van der Waals surface area contributed by atoms with Crippen LogP contribution >= 0.6 is 0 Å². The minimum Gasteiger partial charge on any atom is -0.464 e. The van der Waals surface area contributed by atoms with E-state index in [1.807, 2.05) is 27.7 Å². The Kier molecular flexibility index (Phi) is 21.5. The van der Waals surface area contributed by atoms with Crippen LogP contribution in [0.1, 0.15) is 176 Å². The summed E-state index contributed by atoms with van der Waals surface area (Å²) in [6.45, 7) is 12.9. The predicted molar refractivity (Wildman–Crippen MR) is 175 cm³/mol. The number of rotatable bonds is 24. The number of hydrogen-bond acceptors (Lipinski definition) is 6. The van der Waals surface area contributed by atoms with Crippen molar-refractivity contribution < 1.29 is 28.6 Å². The molecule has 0 saturated carbocycles. The molecule has 0 spiro atoms. The minimum atomic E-state index is -0.600. The van der Waals surface area contributed by atoms with Crippen LogP contribution in [0.3, 0.4) is 0 Å². The first kappa shape index (κ1) is 39.2. The zero-order chi connectivity index (χ0) is 31.9. The lowest BCUT2D eigenvalue weighted by Crippen LogP contribution is -2.44. The molecule has 0 aromatic heterocycles. The van der Waals surface area contributed by atoms with Crippen LogP contribution in [0.25, 0.3) is 0 Å². The van der Waals surface area contributed by atoms with Gasteiger partial charge in [-0.3, -0.25) is 9.69 Å². The highest BCUT2D eigenvalue weighted by Gasteiger charge is 2.40. The Balaban J connectivity index is 2.24. The predicted octanol–water partition coefficient (Wildman–Crippen LogP) is 9.93. The molecule has 7 nitrogen and oxygen atoms in total. The molecule has 0 aliphatic carbocycles. The van der Waals surface area contributed by atoms with Gasteiger partial charge in [0, 0.05) is 13.0 Å². The number of carbonyl (C=O) groups is 3. The van der Waals surface area contributed by atoms with E-state index in [9.17, 15) is 14.4 Å². The van der Waals surface area contributed by atoms with Gasteiger partial charge in [-0.25, -0.2) is 9.59 Å². The Morgan fingerprint density at radius 1 is 0.744 bits per heavy atom. The second kappa shape index (κ2) is 23.6. The summed E-state index contributed by atoms with van der Waals surface area (Å²) in [5.74, 6) is -0.149. The molecule has 1 heterocycles. The molecule has 0 N–H and O–H groups in total. The Labute approximate surface area is 264 Å². The maximum Gasteiger partial charge on any atom is 0.411 e. The molecule has 1 saturated heterocycles. The first-order valence-electron chi connectivity index (χ1n) is 17.9. The lowest BCUT2D eigenvalue weighted by Gasteiger charge is -2.27. The van der Waals surface area contributed by atoms with Gasteiger partial charge < -0.3 is 14.2 Å². The molecule has 7 heteroatoms. The quantitative estimate of drug-likeness (QED) is 0.0615.